The van der Waals surface area contributed by atoms with Gasteiger partial charge in [0.05, 0.1) is 12.1 Å². The van der Waals surface area contributed by atoms with E-state index in [0.29, 0.717) is 0 Å². The number of carbonyl (C=O) groups excluding carboxylic acids is 1. The Morgan fingerprint density at radius 2 is 1.88 bits per heavy atom. The molecular weight excluding hydrogens is 216 g/mol. The summed E-state index contributed by atoms with van der Waals surface area (Å²) < 4.78 is 5.13. The molecule has 0 aromatic heterocycles. The fraction of sp³-hybridized carbons (Fsp3) is 0.308. The first-order valence-electron chi connectivity index (χ1n) is 5.18. The highest BCUT2D eigenvalue weighted by atomic mass is 16.5. The lowest BCUT2D eigenvalue weighted by atomic mass is 9.99. The molecule has 0 spiro atoms. The SMILES string of the molecule is CC(=O)OC(CC(C#N)C#N)c1ccccc1. The van der Waals surface area contributed by atoms with Crippen LogP contribution in [0, 0.1) is 28.6 Å². The van der Waals surface area contributed by atoms with Crippen molar-refractivity contribution < 1.29 is 9.53 Å². The molecule has 17 heavy (non-hydrogen) atoms. The van der Waals surface area contributed by atoms with E-state index in [1.807, 2.05) is 30.3 Å². The summed E-state index contributed by atoms with van der Waals surface area (Å²) in [5.41, 5.74) is 0.790. The van der Waals surface area contributed by atoms with E-state index in [2.05, 4.69) is 0 Å². The number of carbonyl (C=O) groups is 1. The van der Waals surface area contributed by atoms with E-state index in [-0.39, 0.29) is 6.42 Å². The Hall–Kier alpha value is -2.33. The predicted molar refractivity (Wildman–Crippen MR) is 60.3 cm³/mol. The molecule has 86 valence electrons. The second-order valence-electron chi connectivity index (χ2n) is 3.56. The maximum absolute atomic E-state index is 11.0. The standard InChI is InChI=1S/C13H12N2O2/c1-10(16)17-13(7-11(8-14)9-15)12-5-3-2-4-6-12/h2-6,11,13H,7H2,1H3. The van der Waals surface area contributed by atoms with Gasteiger partial charge in [0, 0.05) is 13.3 Å². The summed E-state index contributed by atoms with van der Waals surface area (Å²) in [7, 11) is 0. The monoisotopic (exact) mass is 228 g/mol. The van der Waals surface area contributed by atoms with Gasteiger partial charge < -0.3 is 4.74 Å². The molecular formula is C13H12N2O2. The zero-order valence-corrected chi connectivity index (χ0v) is 9.46. The van der Waals surface area contributed by atoms with Crippen LogP contribution in [0.3, 0.4) is 0 Å². The number of ether oxygens (including phenoxy) is 1. The summed E-state index contributed by atoms with van der Waals surface area (Å²) in [4.78, 5) is 11.0. The van der Waals surface area contributed by atoms with Gasteiger partial charge >= 0.3 is 5.97 Å². The summed E-state index contributed by atoms with van der Waals surface area (Å²) in [6.07, 6.45) is -0.352. The Morgan fingerprint density at radius 3 is 2.35 bits per heavy atom. The van der Waals surface area contributed by atoms with Gasteiger partial charge in [0.2, 0.25) is 0 Å². The lowest BCUT2D eigenvalue weighted by Gasteiger charge is -2.17. The molecule has 0 bridgehead atoms. The zero-order valence-electron chi connectivity index (χ0n) is 9.46. The highest BCUT2D eigenvalue weighted by molar-refractivity contribution is 5.66. The van der Waals surface area contributed by atoms with Crippen LogP contribution in [0.15, 0.2) is 30.3 Å². The second kappa shape index (κ2) is 6.30. The van der Waals surface area contributed by atoms with Crippen molar-refractivity contribution in [3.63, 3.8) is 0 Å². The van der Waals surface area contributed by atoms with Gasteiger partial charge in [0.1, 0.15) is 12.0 Å². The molecule has 0 radical (unpaired) electrons. The number of rotatable bonds is 4. The van der Waals surface area contributed by atoms with Gasteiger partial charge in [-0.3, -0.25) is 4.79 Å². The number of benzene rings is 1. The predicted octanol–water partition coefficient (Wildman–Crippen LogP) is 2.34. The van der Waals surface area contributed by atoms with Crippen LogP contribution >= 0.6 is 0 Å². The van der Waals surface area contributed by atoms with Gasteiger partial charge in [0.25, 0.3) is 0 Å². The lowest BCUT2D eigenvalue weighted by Crippen LogP contribution is -2.12. The molecule has 1 atom stereocenters. The van der Waals surface area contributed by atoms with E-state index in [4.69, 9.17) is 15.3 Å². The smallest absolute Gasteiger partial charge is 0.303 e. The van der Waals surface area contributed by atoms with Crippen LogP contribution in [0.25, 0.3) is 0 Å². The minimum atomic E-state index is -0.778. The molecule has 1 rings (SSSR count). The summed E-state index contributed by atoms with van der Waals surface area (Å²) in [5, 5.41) is 17.5. The molecule has 1 aromatic carbocycles. The Kier molecular flexibility index (Phi) is 4.72. The van der Waals surface area contributed by atoms with Crippen molar-refractivity contribution in [2.75, 3.05) is 0 Å². The van der Waals surface area contributed by atoms with Crippen molar-refractivity contribution in [3.05, 3.63) is 35.9 Å². The van der Waals surface area contributed by atoms with Crippen molar-refractivity contribution in [1.82, 2.24) is 0 Å². The maximum atomic E-state index is 11.0. The molecule has 0 fully saturated rings. The van der Waals surface area contributed by atoms with Crippen molar-refractivity contribution >= 4 is 5.97 Å². The molecule has 0 aliphatic heterocycles. The minimum absolute atomic E-state index is 0.191. The van der Waals surface area contributed by atoms with E-state index in [0.717, 1.165) is 5.56 Å². The van der Waals surface area contributed by atoms with Crippen molar-refractivity contribution in [3.8, 4) is 12.1 Å². The lowest BCUT2D eigenvalue weighted by molar-refractivity contribution is -0.147. The van der Waals surface area contributed by atoms with Gasteiger partial charge in [-0.1, -0.05) is 30.3 Å². The van der Waals surface area contributed by atoms with E-state index in [9.17, 15) is 4.79 Å². The van der Waals surface area contributed by atoms with Crippen molar-refractivity contribution in [2.24, 2.45) is 5.92 Å². The van der Waals surface area contributed by atoms with Gasteiger partial charge in [-0.2, -0.15) is 10.5 Å². The third-order valence-corrected chi connectivity index (χ3v) is 2.24. The number of esters is 1. The first kappa shape index (κ1) is 12.7. The highest BCUT2D eigenvalue weighted by Gasteiger charge is 2.20. The molecule has 4 nitrogen and oxygen atoms in total. The molecule has 0 N–H and O–H groups in total. The number of hydrogen-bond donors (Lipinski definition) is 0. The molecule has 0 aliphatic rings. The molecule has 0 aliphatic carbocycles. The summed E-state index contributed by atoms with van der Waals surface area (Å²) in [5.74, 6) is -1.20. The molecule has 0 amide bonds. The highest BCUT2D eigenvalue weighted by Crippen LogP contribution is 2.24. The van der Waals surface area contributed by atoms with E-state index in [1.165, 1.54) is 6.92 Å². The maximum Gasteiger partial charge on any atom is 0.303 e. The molecule has 0 saturated heterocycles. The largest absolute Gasteiger partial charge is 0.458 e. The third-order valence-electron chi connectivity index (χ3n) is 2.24. The van der Waals surface area contributed by atoms with Crippen LogP contribution in [0.4, 0.5) is 0 Å². The molecule has 0 heterocycles. The Labute approximate surface area is 100 Å². The number of hydrogen-bond acceptors (Lipinski definition) is 4. The number of nitriles is 2. The van der Waals surface area contributed by atoms with E-state index < -0.39 is 18.0 Å². The average molecular weight is 228 g/mol. The Balaban J connectivity index is 2.86. The fourth-order valence-corrected chi connectivity index (χ4v) is 1.47. The molecule has 1 aromatic rings. The first-order valence-corrected chi connectivity index (χ1v) is 5.18. The van der Waals surface area contributed by atoms with Crippen LogP contribution in [-0.4, -0.2) is 5.97 Å². The summed E-state index contributed by atoms with van der Waals surface area (Å²) in [6, 6.07) is 12.8. The van der Waals surface area contributed by atoms with Crippen LogP contribution in [0.5, 0.6) is 0 Å². The third kappa shape index (κ3) is 3.96. The van der Waals surface area contributed by atoms with Crippen LogP contribution < -0.4 is 0 Å². The van der Waals surface area contributed by atoms with E-state index in [1.54, 1.807) is 12.1 Å². The quantitative estimate of drug-likeness (QED) is 0.741. The van der Waals surface area contributed by atoms with Gasteiger partial charge in [-0.25, -0.2) is 0 Å². The van der Waals surface area contributed by atoms with E-state index >= 15 is 0 Å². The molecule has 4 heteroatoms. The summed E-state index contributed by atoms with van der Waals surface area (Å²) >= 11 is 0. The van der Waals surface area contributed by atoms with Gasteiger partial charge in [0.15, 0.2) is 0 Å². The Morgan fingerprint density at radius 1 is 1.29 bits per heavy atom. The molecule has 1 unspecified atom stereocenters. The van der Waals surface area contributed by atoms with Gasteiger partial charge in [-0.05, 0) is 5.56 Å². The van der Waals surface area contributed by atoms with Crippen LogP contribution in [-0.2, 0) is 9.53 Å². The fourth-order valence-electron chi connectivity index (χ4n) is 1.47. The number of nitrogens with zero attached hydrogens (tertiary/aromatic N) is 2. The normalized spacial score (nSPS) is 11.3. The van der Waals surface area contributed by atoms with Gasteiger partial charge in [-0.15, -0.1) is 0 Å². The summed E-state index contributed by atoms with van der Waals surface area (Å²) in [6.45, 7) is 1.31. The minimum Gasteiger partial charge on any atom is -0.458 e. The topological polar surface area (TPSA) is 73.9 Å². The first-order chi connectivity index (χ1) is 8.17. The van der Waals surface area contributed by atoms with Crippen LogP contribution in [0.1, 0.15) is 25.0 Å². The van der Waals surface area contributed by atoms with Crippen LogP contribution in [0.2, 0.25) is 0 Å². The Bertz CT molecular complexity index is 443. The molecule has 0 saturated carbocycles. The second-order valence-corrected chi connectivity index (χ2v) is 3.56. The zero-order chi connectivity index (χ0) is 12.7. The van der Waals surface area contributed by atoms with Crippen molar-refractivity contribution in [2.45, 2.75) is 19.4 Å². The van der Waals surface area contributed by atoms with Crippen molar-refractivity contribution in [1.29, 1.82) is 10.5 Å². The average Bonchev–Trinajstić information content (AvgIpc) is 2.35.